The summed E-state index contributed by atoms with van der Waals surface area (Å²) in [5.41, 5.74) is 1.49. The molecule has 6 heteroatoms. The number of carbonyl (C=O) groups is 1. The van der Waals surface area contributed by atoms with Crippen LogP contribution in [0.4, 0.5) is 0 Å². The highest BCUT2D eigenvalue weighted by Gasteiger charge is 2.14. The second-order valence-corrected chi connectivity index (χ2v) is 4.55. The monoisotopic (exact) mass is 284 g/mol. The van der Waals surface area contributed by atoms with Gasteiger partial charge in [-0.3, -0.25) is 0 Å². The summed E-state index contributed by atoms with van der Waals surface area (Å²) in [6, 6.07) is 12.3. The third-order valence-electron chi connectivity index (χ3n) is 3.08. The lowest BCUT2D eigenvalue weighted by atomic mass is 10.1. The van der Waals surface area contributed by atoms with Crippen LogP contribution < -0.4 is 10.4 Å². The summed E-state index contributed by atoms with van der Waals surface area (Å²) in [6.45, 7) is 0.251. The molecule has 3 N–H and O–H groups in total. The molecule has 0 saturated carbocycles. The van der Waals surface area contributed by atoms with Crippen LogP contribution in [-0.4, -0.2) is 21.0 Å². The Morgan fingerprint density at radius 3 is 2.43 bits per heavy atom. The first kappa shape index (κ1) is 13.0. The molecule has 3 aromatic rings. The average Bonchev–Trinajstić information content (AvgIpc) is 2.84. The number of aromatic nitrogens is 2. The van der Waals surface area contributed by atoms with Gasteiger partial charge >= 0.3 is 11.7 Å². The number of hydrogen-bond donors (Lipinski definition) is 3. The largest absolute Gasteiger partial charge is 0.488 e. The fraction of sp³-hybridized carbons (Fsp3) is 0.0667. The van der Waals surface area contributed by atoms with Gasteiger partial charge in [0.15, 0.2) is 0 Å². The van der Waals surface area contributed by atoms with Gasteiger partial charge in [0, 0.05) is 6.07 Å². The predicted molar refractivity (Wildman–Crippen MR) is 76.7 cm³/mol. The number of imidazole rings is 1. The Hall–Kier alpha value is -3.02. The lowest BCUT2D eigenvalue weighted by Gasteiger charge is -2.09. The Morgan fingerprint density at radius 2 is 1.76 bits per heavy atom. The Balaban J connectivity index is 1.97. The minimum absolute atomic E-state index is 0.00804. The van der Waals surface area contributed by atoms with E-state index in [4.69, 9.17) is 4.74 Å². The molecule has 0 spiro atoms. The highest BCUT2D eigenvalue weighted by atomic mass is 16.5. The van der Waals surface area contributed by atoms with Crippen molar-refractivity contribution >= 4 is 17.0 Å². The van der Waals surface area contributed by atoms with Crippen LogP contribution in [0.15, 0.2) is 47.3 Å². The van der Waals surface area contributed by atoms with Crippen LogP contribution in [0.3, 0.4) is 0 Å². The van der Waals surface area contributed by atoms with Crippen molar-refractivity contribution in [2.75, 3.05) is 0 Å². The number of ether oxygens (including phenoxy) is 1. The number of aromatic carboxylic acids is 1. The number of hydrogen-bond acceptors (Lipinski definition) is 3. The number of carboxylic acid groups (broad SMARTS) is 1. The van der Waals surface area contributed by atoms with Crippen molar-refractivity contribution in [2.45, 2.75) is 6.61 Å². The summed E-state index contributed by atoms with van der Waals surface area (Å²) in [5, 5.41) is 9.25. The zero-order chi connectivity index (χ0) is 14.8. The lowest BCUT2D eigenvalue weighted by Crippen LogP contribution is -2.03. The van der Waals surface area contributed by atoms with Crippen LogP contribution in [-0.2, 0) is 6.61 Å². The van der Waals surface area contributed by atoms with Crippen molar-refractivity contribution in [3.63, 3.8) is 0 Å². The maximum Gasteiger partial charge on any atom is 0.339 e. The number of carboxylic acids is 1. The first-order valence-electron chi connectivity index (χ1n) is 6.29. The molecule has 3 rings (SSSR count). The quantitative estimate of drug-likeness (QED) is 0.684. The molecule has 0 unspecified atom stereocenters. The van der Waals surface area contributed by atoms with Crippen LogP contribution in [0, 0.1) is 0 Å². The summed E-state index contributed by atoms with van der Waals surface area (Å²) >= 11 is 0. The fourth-order valence-electron chi connectivity index (χ4n) is 2.08. The average molecular weight is 284 g/mol. The van der Waals surface area contributed by atoms with E-state index < -0.39 is 5.97 Å². The zero-order valence-corrected chi connectivity index (χ0v) is 10.9. The number of fused-ring (bicyclic) bond motifs is 1. The van der Waals surface area contributed by atoms with Crippen LogP contribution in [0.2, 0.25) is 0 Å². The molecule has 0 aliphatic heterocycles. The summed E-state index contributed by atoms with van der Waals surface area (Å²) in [4.78, 5) is 27.7. The highest BCUT2D eigenvalue weighted by molar-refractivity contribution is 5.95. The molecule has 0 saturated heterocycles. The van der Waals surface area contributed by atoms with Crippen molar-refractivity contribution in [3.8, 4) is 5.75 Å². The Morgan fingerprint density at radius 1 is 1.10 bits per heavy atom. The molecule has 0 aliphatic carbocycles. The second-order valence-electron chi connectivity index (χ2n) is 4.55. The molecular formula is C15H12N2O4. The van der Waals surface area contributed by atoms with Crippen molar-refractivity contribution in [2.24, 2.45) is 0 Å². The van der Waals surface area contributed by atoms with Gasteiger partial charge in [0.25, 0.3) is 0 Å². The van der Waals surface area contributed by atoms with Gasteiger partial charge in [-0.1, -0.05) is 30.3 Å². The van der Waals surface area contributed by atoms with Crippen molar-refractivity contribution in [1.29, 1.82) is 0 Å². The first-order chi connectivity index (χ1) is 10.1. The Kier molecular flexibility index (Phi) is 3.19. The third-order valence-corrected chi connectivity index (χ3v) is 3.08. The van der Waals surface area contributed by atoms with E-state index in [1.807, 2.05) is 30.3 Å². The summed E-state index contributed by atoms with van der Waals surface area (Å²) in [5.74, 6) is -0.892. The van der Waals surface area contributed by atoms with Crippen LogP contribution in [0.5, 0.6) is 5.75 Å². The molecule has 0 amide bonds. The molecule has 0 atom stereocenters. The molecular weight excluding hydrogens is 272 g/mol. The normalized spacial score (nSPS) is 10.7. The zero-order valence-electron chi connectivity index (χ0n) is 10.9. The molecule has 106 valence electrons. The molecule has 0 bridgehead atoms. The Bertz CT molecular complexity index is 849. The van der Waals surface area contributed by atoms with E-state index in [0.717, 1.165) is 5.56 Å². The van der Waals surface area contributed by atoms with Crippen molar-refractivity contribution < 1.29 is 14.6 Å². The molecule has 0 fully saturated rings. The molecule has 2 aromatic carbocycles. The van der Waals surface area contributed by atoms with Gasteiger partial charge in [-0.05, 0) is 11.6 Å². The summed E-state index contributed by atoms with van der Waals surface area (Å²) in [7, 11) is 0. The number of rotatable bonds is 4. The van der Waals surface area contributed by atoms with E-state index in [0.29, 0.717) is 11.0 Å². The predicted octanol–water partition coefficient (Wildman–Crippen LogP) is 2.13. The van der Waals surface area contributed by atoms with Crippen LogP contribution in [0.1, 0.15) is 15.9 Å². The smallest absolute Gasteiger partial charge is 0.339 e. The van der Waals surface area contributed by atoms with Crippen molar-refractivity contribution in [1.82, 2.24) is 9.97 Å². The van der Waals surface area contributed by atoms with E-state index in [1.165, 1.54) is 12.1 Å². The highest BCUT2D eigenvalue weighted by Crippen LogP contribution is 2.24. The SMILES string of the molecule is O=C(O)c1cc2[nH]c(=O)[nH]c2cc1OCc1ccccc1. The molecule has 21 heavy (non-hydrogen) atoms. The van der Waals surface area contributed by atoms with Gasteiger partial charge in [0.2, 0.25) is 0 Å². The summed E-state index contributed by atoms with van der Waals surface area (Å²) in [6.07, 6.45) is 0. The van der Waals surface area contributed by atoms with Crippen LogP contribution >= 0.6 is 0 Å². The van der Waals surface area contributed by atoms with Gasteiger partial charge in [-0.25, -0.2) is 9.59 Å². The van der Waals surface area contributed by atoms with E-state index in [-0.39, 0.29) is 23.6 Å². The molecule has 6 nitrogen and oxygen atoms in total. The first-order valence-corrected chi connectivity index (χ1v) is 6.29. The van der Waals surface area contributed by atoms with Crippen molar-refractivity contribution in [3.05, 3.63) is 64.1 Å². The maximum absolute atomic E-state index is 11.3. The number of nitrogens with one attached hydrogen (secondary N) is 2. The number of H-pyrrole nitrogens is 2. The number of benzene rings is 2. The topological polar surface area (TPSA) is 95.2 Å². The van der Waals surface area contributed by atoms with E-state index in [1.54, 1.807) is 0 Å². The van der Waals surface area contributed by atoms with Gasteiger partial charge in [0.05, 0.1) is 11.0 Å². The number of aromatic amines is 2. The van der Waals surface area contributed by atoms with Gasteiger partial charge in [-0.15, -0.1) is 0 Å². The molecule has 0 radical (unpaired) electrons. The third kappa shape index (κ3) is 2.64. The van der Waals surface area contributed by atoms with Gasteiger partial charge in [0.1, 0.15) is 17.9 Å². The van der Waals surface area contributed by atoms with Gasteiger partial charge in [-0.2, -0.15) is 0 Å². The molecule has 0 aliphatic rings. The van der Waals surface area contributed by atoms with E-state index >= 15 is 0 Å². The lowest BCUT2D eigenvalue weighted by molar-refractivity contribution is 0.0692. The van der Waals surface area contributed by atoms with Crippen LogP contribution in [0.25, 0.3) is 11.0 Å². The standard InChI is InChI=1S/C15H12N2O4/c18-14(19)10-6-11-12(17-15(20)16-11)7-13(10)21-8-9-4-2-1-3-5-9/h1-7H,8H2,(H,18,19)(H2,16,17,20). The fourth-order valence-corrected chi connectivity index (χ4v) is 2.08. The van der Waals surface area contributed by atoms with E-state index in [9.17, 15) is 14.7 Å². The maximum atomic E-state index is 11.3. The molecule has 1 heterocycles. The minimum atomic E-state index is -1.11. The second kappa shape index (κ2) is 5.16. The van der Waals surface area contributed by atoms with E-state index in [2.05, 4.69) is 9.97 Å². The summed E-state index contributed by atoms with van der Waals surface area (Å²) < 4.78 is 5.59. The molecule has 1 aromatic heterocycles. The Labute approximate surface area is 119 Å². The van der Waals surface area contributed by atoms with Gasteiger partial charge < -0.3 is 19.8 Å². The minimum Gasteiger partial charge on any atom is -0.488 e.